The molecule has 0 aliphatic carbocycles. The van der Waals surface area contributed by atoms with Crippen molar-refractivity contribution in [3.63, 3.8) is 0 Å². The Kier molecular flexibility index (Phi) is 3.43. The van der Waals surface area contributed by atoms with Gasteiger partial charge in [0.05, 0.1) is 10.7 Å². The standard InChI is InChI=1S/C17H15ClN2O/c1-2-10-4-3-5-12-13(9-20-16(10)12)17(21)11-6-7-15(19)14(18)8-11/h3-9,20H,2,19H2,1H3. The number of hydrogen-bond donors (Lipinski definition) is 2. The Morgan fingerprint density at radius 3 is 2.81 bits per heavy atom. The number of aryl methyl sites for hydroxylation is 1. The minimum Gasteiger partial charge on any atom is -0.398 e. The number of nitrogen functional groups attached to an aromatic ring is 1. The lowest BCUT2D eigenvalue weighted by molar-refractivity contribution is 0.104. The SMILES string of the molecule is CCc1cccc2c(C(=O)c3ccc(N)c(Cl)c3)c[nH]c12. The first kappa shape index (κ1) is 13.7. The first-order chi connectivity index (χ1) is 10.1. The number of fused-ring (bicyclic) bond motifs is 1. The molecule has 3 aromatic rings. The van der Waals surface area contributed by atoms with Crippen LogP contribution in [0.1, 0.15) is 28.4 Å². The minimum atomic E-state index is -0.0589. The number of nitrogens with one attached hydrogen (secondary N) is 1. The summed E-state index contributed by atoms with van der Waals surface area (Å²) in [6, 6.07) is 11.0. The quantitative estimate of drug-likeness (QED) is 0.562. The smallest absolute Gasteiger partial charge is 0.195 e. The molecule has 0 bridgehead atoms. The number of halogens is 1. The topological polar surface area (TPSA) is 58.9 Å². The highest BCUT2D eigenvalue weighted by Gasteiger charge is 2.16. The molecule has 3 nitrogen and oxygen atoms in total. The number of anilines is 1. The molecule has 0 atom stereocenters. The molecule has 0 amide bonds. The van der Waals surface area contributed by atoms with Crippen molar-refractivity contribution in [3.8, 4) is 0 Å². The third-order valence-electron chi connectivity index (χ3n) is 3.69. The van der Waals surface area contributed by atoms with Gasteiger partial charge in [0.15, 0.2) is 5.78 Å². The van der Waals surface area contributed by atoms with Crippen LogP contribution in [0.4, 0.5) is 5.69 Å². The second-order valence-corrected chi connectivity index (χ2v) is 5.37. The molecule has 106 valence electrons. The molecule has 21 heavy (non-hydrogen) atoms. The van der Waals surface area contributed by atoms with Crippen molar-refractivity contribution in [2.24, 2.45) is 0 Å². The first-order valence-electron chi connectivity index (χ1n) is 6.80. The number of carbonyl (C=O) groups excluding carboxylic acids is 1. The molecule has 0 radical (unpaired) electrons. The van der Waals surface area contributed by atoms with Gasteiger partial charge in [-0.2, -0.15) is 0 Å². The van der Waals surface area contributed by atoms with Crippen molar-refractivity contribution in [2.75, 3.05) is 5.73 Å². The second-order valence-electron chi connectivity index (χ2n) is 4.96. The van der Waals surface area contributed by atoms with Crippen LogP contribution in [0.15, 0.2) is 42.6 Å². The molecule has 3 rings (SSSR count). The minimum absolute atomic E-state index is 0.0589. The number of H-pyrrole nitrogens is 1. The van der Waals surface area contributed by atoms with E-state index in [1.807, 2.05) is 12.1 Å². The van der Waals surface area contributed by atoms with Crippen LogP contribution < -0.4 is 5.73 Å². The number of nitrogens with two attached hydrogens (primary N) is 1. The number of para-hydroxylation sites is 1. The van der Waals surface area contributed by atoms with Crippen LogP contribution in [0.2, 0.25) is 5.02 Å². The molecule has 0 aliphatic rings. The van der Waals surface area contributed by atoms with Gasteiger partial charge in [0.25, 0.3) is 0 Å². The molecular weight excluding hydrogens is 284 g/mol. The van der Waals surface area contributed by atoms with Gasteiger partial charge in [-0.3, -0.25) is 4.79 Å². The second kappa shape index (κ2) is 5.26. The zero-order valence-corrected chi connectivity index (χ0v) is 12.4. The number of rotatable bonds is 3. The predicted octanol–water partition coefficient (Wildman–Crippen LogP) is 4.20. The highest BCUT2D eigenvalue weighted by molar-refractivity contribution is 6.33. The van der Waals surface area contributed by atoms with E-state index >= 15 is 0 Å². The van der Waals surface area contributed by atoms with Gasteiger partial charge in [-0.15, -0.1) is 0 Å². The molecular formula is C17H15ClN2O. The highest BCUT2D eigenvalue weighted by atomic mass is 35.5. The lowest BCUT2D eigenvalue weighted by Gasteiger charge is -2.03. The van der Waals surface area contributed by atoms with Gasteiger partial charge in [-0.25, -0.2) is 0 Å². The monoisotopic (exact) mass is 298 g/mol. The molecule has 1 heterocycles. The Hall–Kier alpha value is -2.26. The maximum Gasteiger partial charge on any atom is 0.195 e. The van der Waals surface area contributed by atoms with Crippen molar-refractivity contribution < 1.29 is 4.79 Å². The van der Waals surface area contributed by atoms with Crippen LogP contribution in [-0.4, -0.2) is 10.8 Å². The van der Waals surface area contributed by atoms with Crippen molar-refractivity contribution >= 4 is 34.0 Å². The molecule has 1 aromatic heterocycles. The van der Waals surface area contributed by atoms with Gasteiger partial charge in [0.1, 0.15) is 0 Å². The molecule has 0 fully saturated rings. The fraction of sp³-hybridized carbons (Fsp3) is 0.118. The van der Waals surface area contributed by atoms with Gasteiger partial charge in [-0.05, 0) is 30.2 Å². The number of carbonyl (C=O) groups is 1. The van der Waals surface area contributed by atoms with Crippen molar-refractivity contribution in [3.05, 3.63) is 64.3 Å². The summed E-state index contributed by atoms with van der Waals surface area (Å²) >= 11 is 6.00. The van der Waals surface area contributed by atoms with Crippen LogP contribution in [0.5, 0.6) is 0 Å². The van der Waals surface area contributed by atoms with E-state index in [4.69, 9.17) is 17.3 Å². The van der Waals surface area contributed by atoms with Crippen LogP contribution in [-0.2, 0) is 6.42 Å². The highest BCUT2D eigenvalue weighted by Crippen LogP contribution is 2.26. The van der Waals surface area contributed by atoms with Gasteiger partial charge in [0, 0.05) is 28.2 Å². The van der Waals surface area contributed by atoms with Gasteiger partial charge < -0.3 is 10.7 Å². The van der Waals surface area contributed by atoms with E-state index in [1.54, 1.807) is 24.4 Å². The average Bonchev–Trinajstić information content (AvgIpc) is 2.93. The van der Waals surface area contributed by atoms with E-state index < -0.39 is 0 Å². The molecule has 4 heteroatoms. The predicted molar refractivity (Wildman–Crippen MR) is 87.0 cm³/mol. The van der Waals surface area contributed by atoms with E-state index in [1.165, 1.54) is 5.56 Å². The third-order valence-corrected chi connectivity index (χ3v) is 4.02. The maximum atomic E-state index is 12.7. The number of aromatic amines is 1. The summed E-state index contributed by atoms with van der Waals surface area (Å²) in [6.07, 6.45) is 2.68. The first-order valence-corrected chi connectivity index (χ1v) is 7.18. The average molecular weight is 299 g/mol. The lowest BCUT2D eigenvalue weighted by atomic mass is 10.0. The molecule has 0 spiro atoms. The van der Waals surface area contributed by atoms with Crippen molar-refractivity contribution in [1.29, 1.82) is 0 Å². The van der Waals surface area contributed by atoms with Crippen LogP contribution in [0.3, 0.4) is 0 Å². The van der Waals surface area contributed by atoms with Crippen molar-refractivity contribution in [1.82, 2.24) is 4.98 Å². The Morgan fingerprint density at radius 1 is 1.29 bits per heavy atom. The summed E-state index contributed by atoms with van der Waals surface area (Å²) in [5.74, 6) is -0.0589. The van der Waals surface area contributed by atoms with Gasteiger partial charge >= 0.3 is 0 Å². The van der Waals surface area contributed by atoms with Gasteiger partial charge in [-0.1, -0.05) is 36.7 Å². The summed E-state index contributed by atoms with van der Waals surface area (Å²) in [4.78, 5) is 15.9. The zero-order valence-electron chi connectivity index (χ0n) is 11.6. The zero-order chi connectivity index (χ0) is 15.0. The Morgan fingerprint density at radius 2 is 2.10 bits per heavy atom. The number of aromatic nitrogens is 1. The maximum absolute atomic E-state index is 12.7. The van der Waals surface area contributed by atoms with Crippen LogP contribution >= 0.6 is 11.6 Å². The van der Waals surface area contributed by atoms with E-state index in [-0.39, 0.29) is 5.78 Å². The molecule has 0 saturated heterocycles. The van der Waals surface area contributed by atoms with Crippen LogP contribution in [0, 0.1) is 0 Å². The summed E-state index contributed by atoms with van der Waals surface area (Å²) in [5, 5.41) is 1.34. The largest absolute Gasteiger partial charge is 0.398 e. The van der Waals surface area contributed by atoms with E-state index in [0.717, 1.165) is 17.3 Å². The molecule has 0 saturated carbocycles. The molecule has 0 aliphatic heterocycles. The van der Waals surface area contributed by atoms with E-state index in [2.05, 4.69) is 18.0 Å². The molecule has 2 aromatic carbocycles. The fourth-order valence-electron chi connectivity index (χ4n) is 2.52. The third kappa shape index (κ3) is 2.30. The van der Waals surface area contributed by atoms with Gasteiger partial charge in [0.2, 0.25) is 0 Å². The summed E-state index contributed by atoms with van der Waals surface area (Å²) < 4.78 is 0. The Labute approximate surface area is 127 Å². The summed E-state index contributed by atoms with van der Waals surface area (Å²) in [5.41, 5.74) is 9.57. The van der Waals surface area contributed by atoms with Crippen LogP contribution in [0.25, 0.3) is 10.9 Å². The molecule has 0 unspecified atom stereocenters. The Balaban J connectivity index is 2.11. The van der Waals surface area contributed by atoms with E-state index in [0.29, 0.717) is 21.8 Å². The number of hydrogen-bond acceptors (Lipinski definition) is 2. The summed E-state index contributed by atoms with van der Waals surface area (Å²) in [6.45, 7) is 2.09. The summed E-state index contributed by atoms with van der Waals surface area (Å²) in [7, 11) is 0. The number of ketones is 1. The number of benzene rings is 2. The van der Waals surface area contributed by atoms with E-state index in [9.17, 15) is 4.79 Å². The van der Waals surface area contributed by atoms with Crippen molar-refractivity contribution in [2.45, 2.75) is 13.3 Å². The molecule has 3 N–H and O–H groups in total. The normalized spacial score (nSPS) is 11.0. The fourth-order valence-corrected chi connectivity index (χ4v) is 2.70. The lowest BCUT2D eigenvalue weighted by Crippen LogP contribution is -2.01. The Bertz CT molecular complexity index is 836.